The van der Waals surface area contributed by atoms with Crippen molar-refractivity contribution in [3.8, 4) is 11.1 Å². The summed E-state index contributed by atoms with van der Waals surface area (Å²) in [5, 5.41) is 25.0. The van der Waals surface area contributed by atoms with Gasteiger partial charge in [-0.2, -0.15) is 10.2 Å². The maximum absolute atomic E-state index is 10.8. The summed E-state index contributed by atoms with van der Waals surface area (Å²) in [6.07, 6.45) is 8.54. The molecule has 0 spiro atoms. The van der Waals surface area contributed by atoms with Crippen LogP contribution in [-0.2, 0) is 11.3 Å². The molecule has 1 aliphatic heterocycles. The summed E-state index contributed by atoms with van der Waals surface area (Å²) in [7, 11) is 0. The zero-order valence-corrected chi connectivity index (χ0v) is 20.9. The standard InChI is InChI=1S/C26H30N8O3/c1-3-17(4-2)19-10-25(32-28-12-19)31-24-6-5-22-23(30-24)9-18(11-27-22)20-13-29-34(14-20)7-8-37-21-15-33(16-21)26(35)36/h5-6,9-14,17,21H,3-4,7-8,15-16H2,1-2H3,(H,35,36)(H,30,31,32). The van der Waals surface area contributed by atoms with Gasteiger partial charge in [0.2, 0.25) is 0 Å². The molecule has 11 nitrogen and oxygen atoms in total. The number of carboxylic acid groups (broad SMARTS) is 1. The number of anilines is 2. The average molecular weight is 503 g/mol. The van der Waals surface area contributed by atoms with Gasteiger partial charge in [0.05, 0.1) is 55.8 Å². The van der Waals surface area contributed by atoms with Gasteiger partial charge in [0.15, 0.2) is 5.82 Å². The van der Waals surface area contributed by atoms with Crippen LogP contribution < -0.4 is 5.32 Å². The van der Waals surface area contributed by atoms with Gasteiger partial charge in [-0.3, -0.25) is 9.67 Å². The number of aromatic nitrogens is 6. The number of likely N-dealkylation sites (tertiary alicyclic amines) is 1. The Labute approximate surface area is 214 Å². The Morgan fingerprint density at radius 1 is 1.11 bits per heavy atom. The third-order valence-corrected chi connectivity index (χ3v) is 6.69. The predicted molar refractivity (Wildman–Crippen MR) is 139 cm³/mol. The number of rotatable bonds is 10. The molecule has 0 atom stereocenters. The van der Waals surface area contributed by atoms with Gasteiger partial charge in [-0.15, -0.1) is 5.10 Å². The minimum absolute atomic E-state index is 0.0436. The molecule has 37 heavy (non-hydrogen) atoms. The van der Waals surface area contributed by atoms with E-state index in [0.717, 1.165) is 35.0 Å². The minimum Gasteiger partial charge on any atom is -0.465 e. The highest BCUT2D eigenvalue weighted by molar-refractivity contribution is 5.81. The number of hydrogen-bond donors (Lipinski definition) is 2. The number of ether oxygens (including phenoxy) is 1. The molecule has 1 aliphatic rings. The summed E-state index contributed by atoms with van der Waals surface area (Å²) in [5.74, 6) is 1.80. The van der Waals surface area contributed by atoms with Gasteiger partial charge >= 0.3 is 6.09 Å². The van der Waals surface area contributed by atoms with Crippen molar-refractivity contribution >= 4 is 28.8 Å². The van der Waals surface area contributed by atoms with Crippen molar-refractivity contribution in [3.05, 3.63) is 54.6 Å². The molecule has 0 aliphatic carbocycles. The van der Waals surface area contributed by atoms with Crippen molar-refractivity contribution in [2.75, 3.05) is 25.0 Å². The third kappa shape index (κ3) is 5.67. The maximum atomic E-state index is 10.8. The van der Waals surface area contributed by atoms with Crippen LogP contribution in [0.3, 0.4) is 0 Å². The van der Waals surface area contributed by atoms with Crippen molar-refractivity contribution in [2.45, 2.75) is 45.3 Å². The van der Waals surface area contributed by atoms with Crippen molar-refractivity contribution in [1.82, 2.24) is 34.8 Å². The van der Waals surface area contributed by atoms with E-state index in [1.807, 2.05) is 47.5 Å². The highest BCUT2D eigenvalue weighted by Gasteiger charge is 2.30. The lowest BCUT2D eigenvalue weighted by Gasteiger charge is -2.36. The van der Waals surface area contributed by atoms with Crippen LogP contribution in [0.1, 0.15) is 38.2 Å². The normalized spacial score (nSPS) is 13.8. The molecule has 0 radical (unpaired) electrons. The number of nitrogens with zero attached hydrogens (tertiary/aromatic N) is 7. The van der Waals surface area contributed by atoms with Gasteiger partial charge in [0, 0.05) is 23.5 Å². The Kier molecular flexibility index (Phi) is 7.22. The summed E-state index contributed by atoms with van der Waals surface area (Å²) >= 11 is 0. The molecule has 4 aromatic rings. The average Bonchev–Trinajstić information content (AvgIpc) is 3.35. The number of hydrogen-bond acceptors (Lipinski definition) is 8. The summed E-state index contributed by atoms with van der Waals surface area (Å²) in [5.41, 5.74) is 4.57. The fourth-order valence-corrected chi connectivity index (χ4v) is 4.44. The van der Waals surface area contributed by atoms with Crippen LogP contribution in [0.4, 0.5) is 16.4 Å². The van der Waals surface area contributed by atoms with Crippen molar-refractivity contribution < 1.29 is 14.6 Å². The van der Waals surface area contributed by atoms with Crippen LogP contribution in [-0.4, -0.2) is 71.8 Å². The third-order valence-electron chi connectivity index (χ3n) is 6.69. The molecule has 0 unspecified atom stereocenters. The van der Waals surface area contributed by atoms with Gasteiger partial charge in [0.25, 0.3) is 0 Å². The molecular weight excluding hydrogens is 472 g/mol. The molecule has 5 rings (SSSR count). The monoisotopic (exact) mass is 502 g/mol. The summed E-state index contributed by atoms with van der Waals surface area (Å²) in [6, 6.07) is 7.85. The molecule has 11 heteroatoms. The molecule has 0 bridgehead atoms. The fourth-order valence-electron chi connectivity index (χ4n) is 4.44. The Balaban J connectivity index is 1.24. The van der Waals surface area contributed by atoms with E-state index < -0.39 is 6.09 Å². The van der Waals surface area contributed by atoms with E-state index in [1.54, 1.807) is 6.20 Å². The first kappa shape index (κ1) is 24.6. The van der Waals surface area contributed by atoms with Crippen molar-refractivity contribution in [3.63, 3.8) is 0 Å². The van der Waals surface area contributed by atoms with Crippen LogP contribution in [0.15, 0.2) is 49.1 Å². The Hall–Kier alpha value is -4.12. The van der Waals surface area contributed by atoms with E-state index in [1.165, 1.54) is 10.5 Å². The number of fused-ring (bicyclic) bond motifs is 1. The molecule has 5 heterocycles. The number of amides is 1. The van der Waals surface area contributed by atoms with Gasteiger partial charge in [0.1, 0.15) is 5.82 Å². The minimum atomic E-state index is -0.905. The molecule has 1 saturated heterocycles. The molecule has 4 aromatic heterocycles. The number of pyridine rings is 2. The number of nitrogens with one attached hydrogen (secondary N) is 1. The molecule has 0 aromatic carbocycles. The topological polar surface area (TPSA) is 131 Å². The van der Waals surface area contributed by atoms with Crippen molar-refractivity contribution in [1.29, 1.82) is 0 Å². The number of carbonyl (C=O) groups is 1. The van der Waals surface area contributed by atoms with Crippen LogP contribution in [0, 0.1) is 0 Å². The fraction of sp³-hybridized carbons (Fsp3) is 0.385. The van der Waals surface area contributed by atoms with Crippen LogP contribution >= 0.6 is 0 Å². The SMILES string of the molecule is CCC(CC)c1cnnc(Nc2ccc3ncc(-c4cnn(CCOC5CN(C(=O)O)C5)c4)cc3n2)c1. The van der Waals surface area contributed by atoms with Gasteiger partial charge in [-0.25, -0.2) is 9.78 Å². The Bertz CT molecular complexity index is 1380. The quantitative estimate of drug-likeness (QED) is 0.326. The lowest BCUT2D eigenvalue weighted by molar-refractivity contribution is -0.0470. The second kappa shape index (κ2) is 10.9. The summed E-state index contributed by atoms with van der Waals surface area (Å²) < 4.78 is 7.53. The zero-order valence-electron chi connectivity index (χ0n) is 20.9. The maximum Gasteiger partial charge on any atom is 0.407 e. The van der Waals surface area contributed by atoms with Crippen LogP contribution in [0.2, 0.25) is 0 Å². The first-order valence-electron chi connectivity index (χ1n) is 12.5. The molecule has 0 saturated carbocycles. The van der Waals surface area contributed by atoms with Gasteiger partial charge < -0.3 is 20.1 Å². The molecule has 2 N–H and O–H groups in total. The van der Waals surface area contributed by atoms with E-state index >= 15 is 0 Å². The highest BCUT2D eigenvalue weighted by atomic mass is 16.5. The van der Waals surface area contributed by atoms with Crippen molar-refractivity contribution in [2.24, 2.45) is 0 Å². The second-order valence-electron chi connectivity index (χ2n) is 9.14. The first-order valence-corrected chi connectivity index (χ1v) is 12.5. The molecule has 192 valence electrons. The van der Waals surface area contributed by atoms with E-state index in [2.05, 4.69) is 39.4 Å². The largest absolute Gasteiger partial charge is 0.465 e. The summed E-state index contributed by atoms with van der Waals surface area (Å²) in [6.45, 7) is 6.24. The van der Waals surface area contributed by atoms with E-state index in [4.69, 9.17) is 14.8 Å². The van der Waals surface area contributed by atoms with Gasteiger partial charge in [-0.05, 0) is 48.6 Å². The molecular formula is C26H30N8O3. The predicted octanol–water partition coefficient (Wildman–Crippen LogP) is 4.31. The van der Waals surface area contributed by atoms with Gasteiger partial charge in [-0.1, -0.05) is 13.8 Å². The smallest absolute Gasteiger partial charge is 0.407 e. The highest BCUT2D eigenvalue weighted by Crippen LogP contribution is 2.26. The van der Waals surface area contributed by atoms with E-state index in [0.29, 0.717) is 43.8 Å². The molecule has 1 amide bonds. The summed E-state index contributed by atoms with van der Waals surface area (Å²) in [4.78, 5) is 21.5. The second-order valence-corrected chi connectivity index (χ2v) is 9.14. The Morgan fingerprint density at radius 2 is 1.95 bits per heavy atom. The lowest BCUT2D eigenvalue weighted by Crippen LogP contribution is -2.54. The van der Waals surface area contributed by atoms with E-state index in [9.17, 15) is 4.79 Å². The zero-order chi connectivity index (χ0) is 25.8. The first-order chi connectivity index (χ1) is 18.0. The Morgan fingerprint density at radius 3 is 2.73 bits per heavy atom. The van der Waals surface area contributed by atoms with Crippen LogP contribution in [0.5, 0.6) is 0 Å². The van der Waals surface area contributed by atoms with E-state index in [-0.39, 0.29) is 6.10 Å². The lowest BCUT2D eigenvalue weighted by atomic mass is 9.96. The van der Waals surface area contributed by atoms with Crippen LogP contribution in [0.25, 0.3) is 22.2 Å². The molecule has 1 fully saturated rings.